The van der Waals surface area contributed by atoms with E-state index in [1.165, 1.54) is 0 Å². The van der Waals surface area contributed by atoms with Gasteiger partial charge in [-0.3, -0.25) is 0 Å². The minimum atomic E-state index is -0.524. The molecule has 22 heavy (non-hydrogen) atoms. The monoisotopic (exact) mass is 355 g/mol. The Bertz CT molecular complexity index is 409. The number of nitrogens with zero attached hydrogens (tertiary/aromatic N) is 4. The Morgan fingerprint density at radius 2 is 1.82 bits per heavy atom. The fraction of sp³-hybridized carbons (Fsp3) is 0.571. The van der Waals surface area contributed by atoms with E-state index in [0.717, 1.165) is 25.8 Å². The predicted molar refractivity (Wildman–Crippen MR) is 81.4 cm³/mol. The Balaban J connectivity index is 0.00000220. The molecule has 2 amide bonds. The molecule has 1 radical (unpaired) electrons. The zero-order chi connectivity index (χ0) is 14.2. The number of piperidine rings is 1. The van der Waals surface area contributed by atoms with Gasteiger partial charge in [0.1, 0.15) is 0 Å². The first-order valence-corrected chi connectivity index (χ1v) is 6.90. The summed E-state index contributed by atoms with van der Waals surface area (Å²) in [4.78, 5) is 23.4. The minimum Gasteiger partial charge on any atom is -0.680 e. The molecule has 2 aliphatic heterocycles. The normalized spacial score (nSPS) is 22.5. The van der Waals surface area contributed by atoms with E-state index in [0.29, 0.717) is 0 Å². The standard InChI is InChI=1S/C14H20N4O2.Cu.H2O/c19-13(11-5-1-3-7-15-11)17-9-10-18-14(20)12-6-2-4-8-16-12;;/h1,3,5,7,11-12H,2,4,6,8-10H2,(H2,17,18,19,20);;1H2/q-2;;/p-2. The van der Waals surface area contributed by atoms with Gasteiger partial charge in [-0.15, -0.1) is 19.6 Å². The van der Waals surface area contributed by atoms with Gasteiger partial charge < -0.3 is 36.3 Å². The van der Waals surface area contributed by atoms with Crippen molar-refractivity contribution >= 4 is 11.8 Å². The summed E-state index contributed by atoms with van der Waals surface area (Å²) in [7, 11) is 0. The topological polar surface area (TPSA) is 122 Å². The van der Waals surface area contributed by atoms with Crippen LogP contribution in [0.25, 0.3) is 21.3 Å². The summed E-state index contributed by atoms with van der Waals surface area (Å²) in [5.74, 6) is -0.479. The van der Waals surface area contributed by atoms with Gasteiger partial charge in [-0.25, -0.2) is 0 Å². The molecule has 2 N–H and O–H groups in total. The van der Waals surface area contributed by atoms with Crippen molar-refractivity contribution in [2.45, 2.75) is 31.3 Å². The molecule has 0 bridgehead atoms. The molecule has 2 rings (SSSR count). The molecular formula is C14H20CuN4O3-4. The summed E-state index contributed by atoms with van der Waals surface area (Å²) < 4.78 is 0. The third-order valence-electron chi connectivity index (χ3n) is 3.15. The van der Waals surface area contributed by atoms with Crippen molar-refractivity contribution in [1.82, 2.24) is 0 Å². The van der Waals surface area contributed by atoms with Crippen molar-refractivity contribution in [1.29, 1.82) is 0 Å². The van der Waals surface area contributed by atoms with Crippen LogP contribution < -0.4 is 0 Å². The van der Waals surface area contributed by atoms with Gasteiger partial charge >= 0.3 is 0 Å². The third kappa shape index (κ3) is 6.61. The largest absolute Gasteiger partial charge is 0.680 e. The molecule has 2 heterocycles. The molecular weight excluding hydrogens is 336 g/mol. The van der Waals surface area contributed by atoms with Crippen LogP contribution in [0.4, 0.5) is 0 Å². The summed E-state index contributed by atoms with van der Waals surface area (Å²) in [5, 5.41) is 16.0. The molecule has 2 atom stereocenters. The fourth-order valence-electron chi connectivity index (χ4n) is 2.07. The summed E-state index contributed by atoms with van der Waals surface area (Å²) in [6, 6.07) is -0.801. The van der Waals surface area contributed by atoms with Crippen LogP contribution in [0.2, 0.25) is 0 Å². The molecule has 1 fully saturated rings. The zero-order valence-electron chi connectivity index (χ0n) is 12.1. The van der Waals surface area contributed by atoms with E-state index in [1.54, 1.807) is 24.4 Å². The maximum atomic E-state index is 11.7. The first-order valence-electron chi connectivity index (χ1n) is 6.90. The van der Waals surface area contributed by atoms with Crippen LogP contribution in [0.1, 0.15) is 19.3 Å². The van der Waals surface area contributed by atoms with Crippen LogP contribution in [0.3, 0.4) is 0 Å². The second-order valence-electron chi connectivity index (χ2n) is 4.68. The number of rotatable bonds is 5. The van der Waals surface area contributed by atoms with E-state index in [1.807, 2.05) is 0 Å². The SMILES string of the molecule is O.O=C([N-]CC[N-]C(=O)C1CCCC[N-]1)C1C=CC=C[N-]1.[Cu]. The maximum absolute atomic E-state index is 11.7. The van der Waals surface area contributed by atoms with Crippen molar-refractivity contribution in [2.75, 3.05) is 19.6 Å². The molecule has 0 aromatic heterocycles. The Kier molecular flexibility index (Phi) is 10.6. The van der Waals surface area contributed by atoms with Crippen molar-refractivity contribution in [3.63, 3.8) is 0 Å². The van der Waals surface area contributed by atoms with Gasteiger partial charge in [0, 0.05) is 28.9 Å². The Morgan fingerprint density at radius 1 is 1.09 bits per heavy atom. The van der Waals surface area contributed by atoms with Gasteiger partial charge in [0.15, 0.2) is 0 Å². The average molecular weight is 356 g/mol. The summed E-state index contributed by atoms with van der Waals surface area (Å²) >= 11 is 0. The molecule has 2 unspecified atom stereocenters. The maximum Gasteiger partial charge on any atom is 0.0401 e. The van der Waals surface area contributed by atoms with E-state index in [9.17, 15) is 9.59 Å². The smallest absolute Gasteiger partial charge is 0.0401 e. The van der Waals surface area contributed by atoms with Gasteiger partial charge in [-0.1, -0.05) is 49.6 Å². The van der Waals surface area contributed by atoms with Crippen LogP contribution >= 0.6 is 0 Å². The first kappa shape index (κ1) is 20.7. The third-order valence-corrected chi connectivity index (χ3v) is 3.15. The van der Waals surface area contributed by atoms with Crippen molar-refractivity contribution in [2.24, 2.45) is 0 Å². The minimum absolute atomic E-state index is 0. The van der Waals surface area contributed by atoms with E-state index in [4.69, 9.17) is 0 Å². The van der Waals surface area contributed by atoms with Crippen molar-refractivity contribution in [3.05, 3.63) is 45.7 Å². The Morgan fingerprint density at radius 3 is 2.41 bits per heavy atom. The molecule has 2 aliphatic rings. The van der Waals surface area contributed by atoms with E-state index in [2.05, 4.69) is 21.3 Å². The van der Waals surface area contributed by atoms with E-state index < -0.39 is 6.04 Å². The Hall–Kier alpha value is -1.34. The van der Waals surface area contributed by atoms with Crippen LogP contribution in [-0.4, -0.2) is 49.0 Å². The number of allylic oxidation sites excluding steroid dienone is 2. The summed E-state index contributed by atoms with van der Waals surface area (Å²) in [6.07, 6.45) is 9.67. The summed E-state index contributed by atoms with van der Waals surface area (Å²) in [6.45, 7) is 1.21. The zero-order valence-corrected chi connectivity index (χ0v) is 13.1. The van der Waals surface area contributed by atoms with Crippen LogP contribution in [0.15, 0.2) is 24.4 Å². The molecule has 129 valence electrons. The van der Waals surface area contributed by atoms with Crippen LogP contribution in [-0.2, 0) is 26.7 Å². The van der Waals surface area contributed by atoms with Gasteiger partial charge in [0.2, 0.25) is 0 Å². The first-order chi connectivity index (χ1) is 9.77. The number of carbonyl (C=O) groups is 2. The van der Waals surface area contributed by atoms with Gasteiger partial charge in [0.05, 0.1) is 0 Å². The van der Waals surface area contributed by atoms with Gasteiger partial charge in [0.25, 0.3) is 0 Å². The van der Waals surface area contributed by atoms with Crippen molar-refractivity contribution < 1.29 is 32.1 Å². The molecule has 8 heteroatoms. The Labute approximate surface area is 141 Å². The number of hydrogen-bond acceptors (Lipinski definition) is 2. The van der Waals surface area contributed by atoms with Crippen molar-refractivity contribution in [3.8, 4) is 0 Å². The molecule has 0 aliphatic carbocycles. The molecule has 1 saturated heterocycles. The second-order valence-corrected chi connectivity index (χ2v) is 4.68. The number of amides is 2. The summed E-state index contributed by atoms with van der Waals surface area (Å²) in [5.41, 5.74) is 0. The van der Waals surface area contributed by atoms with Crippen LogP contribution in [0, 0.1) is 0 Å². The number of hydrogen-bond donors (Lipinski definition) is 0. The molecule has 7 nitrogen and oxygen atoms in total. The average Bonchev–Trinajstić information content (AvgIpc) is 2.53. The van der Waals surface area contributed by atoms with Gasteiger partial charge in [-0.05, 0) is 0 Å². The molecule has 0 aromatic carbocycles. The quantitative estimate of drug-likeness (QED) is 0.550. The van der Waals surface area contributed by atoms with E-state index >= 15 is 0 Å². The van der Waals surface area contributed by atoms with Crippen LogP contribution in [0.5, 0.6) is 0 Å². The predicted octanol–water partition coefficient (Wildman–Crippen LogP) is 1.71. The van der Waals surface area contributed by atoms with E-state index in [-0.39, 0.29) is 53.5 Å². The fourth-order valence-corrected chi connectivity index (χ4v) is 2.07. The molecule has 0 aromatic rings. The molecule has 0 saturated carbocycles. The number of carbonyl (C=O) groups excluding carboxylic acids is 2. The van der Waals surface area contributed by atoms with Gasteiger partial charge in [-0.2, -0.15) is 6.20 Å². The second kappa shape index (κ2) is 11.3. The molecule has 0 spiro atoms.